The molecule has 0 aliphatic heterocycles. The van der Waals surface area contributed by atoms with Gasteiger partial charge in [0.1, 0.15) is 11.3 Å². The number of nitro groups is 1. The Hall–Kier alpha value is -3.82. The van der Waals surface area contributed by atoms with E-state index in [0.717, 1.165) is 6.07 Å². The Morgan fingerprint density at radius 3 is 2.30 bits per heavy atom. The molecule has 0 aliphatic rings. The van der Waals surface area contributed by atoms with Gasteiger partial charge < -0.3 is 24.4 Å². The highest BCUT2D eigenvalue weighted by Gasteiger charge is 2.25. The molecule has 0 spiro atoms. The van der Waals surface area contributed by atoms with Crippen molar-refractivity contribution >= 4 is 23.2 Å². The first kappa shape index (κ1) is 22.5. The van der Waals surface area contributed by atoms with Gasteiger partial charge in [0.2, 0.25) is 0 Å². The van der Waals surface area contributed by atoms with Crippen molar-refractivity contribution in [1.29, 1.82) is 0 Å². The zero-order valence-corrected chi connectivity index (χ0v) is 17.1. The highest BCUT2D eigenvalue weighted by atomic mass is 16.6. The van der Waals surface area contributed by atoms with Crippen molar-refractivity contribution in [2.45, 2.75) is 6.92 Å². The minimum absolute atomic E-state index is 0.114. The molecule has 0 atom stereocenters. The predicted octanol–water partition coefficient (Wildman–Crippen LogP) is 2.72. The van der Waals surface area contributed by atoms with Gasteiger partial charge in [0.05, 0.1) is 24.7 Å². The van der Waals surface area contributed by atoms with E-state index < -0.39 is 16.5 Å². The number of carbonyl (C=O) groups is 2. The number of nitro benzene ring substituents is 1. The number of nitrogens with one attached hydrogen (secondary N) is 1. The lowest BCUT2D eigenvalue weighted by molar-refractivity contribution is -0.385. The molecule has 0 heterocycles. The Bertz CT molecular complexity index is 927. The van der Waals surface area contributed by atoms with Crippen LogP contribution in [0, 0.1) is 10.1 Å². The summed E-state index contributed by atoms with van der Waals surface area (Å²) in [4.78, 5) is 36.4. The number of hydrogen-bond donors (Lipinski definition) is 1. The van der Waals surface area contributed by atoms with E-state index in [0.29, 0.717) is 11.4 Å². The number of hydrogen-bond acceptors (Lipinski definition) is 7. The molecule has 1 N–H and O–H groups in total. The second-order valence-electron chi connectivity index (χ2n) is 6.27. The summed E-state index contributed by atoms with van der Waals surface area (Å²) < 4.78 is 15.9. The first-order chi connectivity index (χ1) is 14.3. The third-order valence-corrected chi connectivity index (χ3v) is 4.00. The van der Waals surface area contributed by atoms with E-state index in [1.165, 1.54) is 18.1 Å². The molecule has 0 aliphatic carbocycles. The van der Waals surface area contributed by atoms with E-state index in [-0.39, 0.29) is 36.2 Å². The van der Waals surface area contributed by atoms with Crippen LogP contribution in [0.15, 0.2) is 36.4 Å². The monoisotopic (exact) mass is 417 g/mol. The number of nitrogens with zero attached hydrogens (tertiary/aromatic N) is 2. The zero-order chi connectivity index (χ0) is 22.3. The molecule has 0 radical (unpaired) electrons. The topological polar surface area (TPSA) is 120 Å². The molecule has 0 unspecified atom stereocenters. The van der Waals surface area contributed by atoms with Crippen LogP contribution in [0.25, 0.3) is 0 Å². The minimum atomic E-state index is -0.681. The van der Waals surface area contributed by atoms with Gasteiger partial charge in [0, 0.05) is 25.8 Å². The Morgan fingerprint density at radius 2 is 1.77 bits per heavy atom. The van der Waals surface area contributed by atoms with Gasteiger partial charge >= 0.3 is 0 Å². The Morgan fingerprint density at radius 1 is 1.10 bits per heavy atom. The highest BCUT2D eigenvalue weighted by molar-refractivity contribution is 6.07. The maximum Gasteiger partial charge on any atom is 0.286 e. The van der Waals surface area contributed by atoms with Gasteiger partial charge in [0.25, 0.3) is 17.5 Å². The molecular weight excluding hydrogens is 394 g/mol. The number of anilines is 1. The Labute approximate surface area is 173 Å². The average molecular weight is 417 g/mol. The predicted molar refractivity (Wildman–Crippen MR) is 109 cm³/mol. The summed E-state index contributed by atoms with van der Waals surface area (Å²) in [6.07, 6.45) is 0. The fourth-order valence-corrected chi connectivity index (χ4v) is 2.42. The summed E-state index contributed by atoms with van der Waals surface area (Å²) in [6, 6.07) is 8.70. The van der Waals surface area contributed by atoms with Gasteiger partial charge in [-0.2, -0.15) is 0 Å². The molecule has 2 amide bonds. The lowest BCUT2D eigenvalue weighted by Gasteiger charge is -2.13. The molecule has 0 aromatic heterocycles. The van der Waals surface area contributed by atoms with E-state index in [1.807, 2.05) is 0 Å². The van der Waals surface area contributed by atoms with Crippen LogP contribution in [-0.2, 0) is 4.79 Å². The van der Waals surface area contributed by atoms with Crippen LogP contribution >= 0.6 is 0 Å². The number of benzene rings is 2. The van der Waals surface area contributed by atoms with Gasteiger partial charge in [-0.05, 0) is 31.2 Å². The SMILES string of the molecule is CCOc1cc([N+](=O)[O-])c(C(=O)Nc2ccc(OCC(=O)N(C)C)cc2)cc1OC. The summed E-state index contributed by atoms with van der Waals surface area (Å²) in [7, 11) is 4.63. The van der Waals surface area contributed by atoms with Gasteiger partial charge in [-0.1, -0.05) is 0 Å². The van der Waals surface area contributed by atoms with E-state index in [2.05, 4.69) is 5.32 Å². The molecule has 0 saturated heterocycles. The molecule has 2 rings (SSSR count). The minimum Gasteiger partial charge on any atom is -0.493 e. The van der Waals surface area contributed by atoms with Crippen LogP contribution in [-0.4, -0.2) is 56.1 Å². The first-order valence-electron chi connectivity index (χ1n) is 9.00. The Kier molecular flexibility index (Phi) is 7.56. The van der Waals surface area contributed by atoms with Crippen molar-refractivity contribution < 1.29 is 28.7 Å². The fourth-order valence-electron chi connectivity index (χ4n) is 2.42. The summed E-state index contributed by atoms with van der Waals surface area (Å²) >= 11 is 0. The van der Waals surface area contributed by atoms with Crippen molar-refractivity contribution in [3.05, 3.63) is 52.1 Å². The molecule has 30 heavy (non-hydrogen) atoms. The van der Waals surface area contributed by atoms with Crippen LogP contribution in [0.1, 0.15) is 17.3 Å². The van der Waals surface area contributed by atoms with E-state index in [4.69, 9.17) is 14.2 Å². The molecular formula is C20H23N3O7. The smallest absolute Gasteiger partial charge is 0.286 e. The van der Waals surface area contributed by atoms with Crippen LogP contribution in [0.5, 0.6) is 17.2 Å². The molecule has 10 heteroatoms. The number of ether oxygens (including phenoxy) is 3. The second kappa shape index (κ2) is 10.1. The Balaban J connectivity index is 2.19. The maximum absolute atomic E-state index is 12.7. The lowest BCUT2D eigenvalue weighted by Crippen LogP contribution is -2.27. The van der Waals surface area contributed by atoms with E-state index in [1.54, 1.807) is 45.3 Å². The van der Waals surface area contributed by atoms with Crippen molar-refractivity contribution in [1.82, 2.24) is 4.90 Å². The van der Waals surface area contributed by atoms with Crippen molar-refractivity contribution in [2.24, 2.45) is 0 Å². The lowest BCUT2D eigenvalue weighted by atomic mass is 10.1. The van der Waals surface area contributed by atoms with Gasteiger partial charge in [-0.3, -0.25) is 19.7 Å². The third kappa shape index (κ3) is 5.60. The van der Waals surface area contributed by atoms with Crippen molar-refractivity contribution in [3.63, 3.8) is 0 Å². The molecule has 2 aromatic rings. The largest absolute Gasteiger partial charge is 0.493 e. The van der Waals surface area contributed by atoms with Crippen LogP contribution < -0.4 is 19.5 Å². The summed E-state index contributed by atoms with van der Waals surface area (Å²) in [6.45, 7) is 1.90. The summed E-state index contributed by atoms with van der Waals surface area (Å²) in [5.74, 6) is -0.0421. The quantitative estimate of drug-likeness (QED) is 0.492. The number of carbonyl (C=O) groups excluding carboxylic acids is 2. The molecule has 0 saturated carbocycles. The number of methoxy groups -OCH3 is 1. The number of likely N-dealkylation sites (N-methyl/N-ethyl adjacent to an activating group) is 1. The second-order valence-corrected chi connectivity index (χ2v) is 6.27. The normalized spacial score (nSPS) is 10.1. The molecule has 160 valence electrons. The first-order valence-corrected chi connectivity index (χ1v) is 9.00. The fraction of sp³-hybridized carbons (Fsp3) is 0.300. The molecule has 2 aromatic carbocycles. The number of amides is 2. The summed E-state index contributed by atoms with van der Waals surface area (Å²) in [5.41, 5.74) is -0.176. The van der Waals surface area contributed by atoms with Crippen molar-refractivity contribution in [2.75, 3.05) is 39.7 Å². The zero-order valence-electron chi connectivity index (χ0n) is 17.1. The van der Waals surface area contributed by atoms with Gasteiger partial charge in [-0.25, -0.2) is 0 Å². The van der Waals surface area contributed by atoms with Gasteiger partial charge in [-0.15, -0.1) is 0 Å². The van der Waals surface area contributed by atoms with E-state index in [9.17, 15) is 19.7 Å². The van der Waals surface area contributed by atoms with Crippen molar-refractivity contribution in [3.8, 4) is 17.2 Å². The average Bonchev–Trinajstić information content (AvgIpc) is 2.72. The highest BCUT2D eigenvalue weighted by Crippen LogP contribution is 2.35. The number of rotatable bonds is 9. The van der Waals surface area contributed by atoms with E-state index >= 15 is 0 Å². The summed E-state index contributed by atoms with van der Waals surface area (Å²) in [5, 5.41) is 14.0. The molecule has 0 fully saturated rings. The standard InChI is InChI=1S/C20H23N3O7/c1-5-29-18-11-16(23(26)27)15(10-17(18)28-4)20(25)21-13-6-8-14(9-7-13)30-12-19(24)22(2)3/h6-11H,5,12H2,1-4H3,(H,21,25). The molecule has 0 bridgehead atoms. The maximum atomic E-state index is 12.7. The van der Waals surface area contributed by atoms with Crippen LogP contribution in [0.4, 0.5) is 11.4 Å². The van der Waals surface area contributed by atoms with Gasteiger partial charge in [0.15, 0.2) is 18.1 Å². The van der Waals surface area contributed by atoms with Crippen LogP contribution in [0.2, 0.25) is 0 Å². The van der Waals surface area contributed by atoms with Crippen LogP contribution in [0.3, 0.4) is 0 Å². The third-order valence-electron chi connectivity index (χ3n) is 4.00. The molecule has 10 nitrogen and oxygen atoms in total.